The molecule has 3 aromatic rings. The predicted octanol–water partition coefficient (Wildman–Crippen LogP) is 3.46. The van der Waals surface area contributed by atoms with Gasteiger partial charge in [-0.2, -0.15) is 0 Å². The summed E-state index contributed by atoms with van der Waals surface area (Å²) in [4.78, 5) is 12.0. The van der Waals surface area contributed by atoms with Crippen molar-refractivity contribution in [2.45, 2.75) is 19.6 Å². The fraction of sp³-hybridized carbons (Fsp3) is 0.238. The molecule has 1 aromatic heterocycles. The minimum absolute atomic E-state index is 0.0522. The summed E-state index contributed by atoms with van der Waals surface area (Å²) in [6.45, 7) is 2.28. The molecule has 2 aromatic carbocycles. The first-order valence-corrected chi connectivity index (χ1v) is 8.97. The number of amides is 1. The smallest absolute Gasteiger partial charge is 0.246 e. The number of nitrogens with zero attached hydrogens (tertiary/aromatic N) is 1. The number of nitrogens with one attached hydrogen (secondary N) is 1. The summed E-state index contributed by atoms with van der Waals surface area (Å²) < 4.78 is 21.5. The molecule has 1 aliphatic rings. The molecule has 1 atom stereocenters. The van der Waals surface area contributed by atoms with Crippen LogP contribution in [0.1, 0.15) is 24.2 Å². The van der Waals surface area contributed by atoms with Crippen LogP contribution in [0, 0.1) is 0 Å². The Kier molecular flexibility index (Phi) is 5.25. The van der Waals surface area contributed by atoms with Crippen LogP contribution in [-0.2, 0) is 16.1 Å². The van der Waals surface area contributed by atoms with Gasteiger partial charge in [0.25, 0.3) is 0 Å². The van der Waals surface area contributed by atoms with Crippen LogP contribution in [0.15, 0.2) is 59.1 Å². The highest BCUT2D eigenvalue weighted by Crippen LogP contribution is 2.36. The molecule has 4 rings (SSSR count). The zero-order valence-electron chi connectivity index (χ0n) is 15.4. The molecule has 7 nitrogen and oxygen atoms in total. The number of aromatic nitrogens is 1. The minimum Gasteiger partial charge on any atom is -0.454 e. The van der Waals surface area contributed by atoms with Gasteiger partial charge in [0, 0.05) is 11.6 Å². The van der Waals surface area contributed by atoms with Gasteiger partial charge >= 0.3 is 0 Å². The van der Waals surface area contributed by atoms with Crippen molar-refractivity contribution in [2.24, 2.45) is 0 Å². The van der Waals surface area contributed by atoms with E-state index in [9.17, 15) is 4.79 Å². The predicted molar refractivity (Wildman–Crippen MR) is 101 cm³/mol. The monoisotopic (exact) mass is 380 g/mol. The van der Waals surface area contributed by atoms with E-state index in [1.54, 1.807) is 6.07 Å². The Morgan fingerprint density at radius 1 is 1.14 bits per heavy atom. The number of ether oxygens (including phenoxy) is 3. The molecule has 1 unspecified atom stereocenters. The summed E-state index contributed by atoms with van der Waals surface area (Å²) >= 11 is 0. The van der Waals surface area contributed by atoms with Crippen LogP contribution in [-0.4, -0.2) is 24.5 Å². The third-order valence-electron chi connectivity index (χ3n) is 4.38. The molecule has 2 heterocycles. The topological polar surface area (TPSA) is 82.8 Å². The van der Waals surface area contributed by atoms with E-state index in [0.717, 1.165) is 11.1 Å². The molecule has 1 aliphatic heterocycles. The zero-order valence-corrected chi connectivity index (χ0v) is 15.4. The lowest BCUT2D eigenvalue weighted by Gasteiger charge is -2.14. The summed E-state index contributed by atoms with van der Waals surface area (Å²) in [6, 6.07) is 17.0. The second-order valence-corrected chi connectivity index (χ2v) is 6.44. The summed E-state index contributed by atoms with van der Waals surface area (Å²) in [7, 11) is 0. The second kappa shape index (κ2) is 8.14. The van der Waals surface area contributed by atoms with Crippen LogP contribution >= 0.6 is 0 Å². The lowest BCUT2D eigenvalue weighted by Crippen LogP contribution is -2.30. The van der Waals surface area contributed by atoms with Crippen LogP contribution in [0.3, 0.4) is 0 Å². The van der Waals surface area contributed by atoms with Crippen LogP contribution in [0.5, 0.6) is 11.5 Å². The highest BCUT2D eigenvalue weighted by molar-refractivity contribution is 5.77. The van der Waals surface area contributed by atoms with Gasteiger partial charge in [0.05, 0.1) is 12.6 Å². The number of benzene rings is 2. The maximum absolute atomic E-state index is 12.0. The van der Waals surface area contributed by atoms with Crippen molar-refractivity contribution in [2.75, 3.05) is 13.4 Å². The van der Waals surface area contributed by atoms with Crippen molar-refractivity contribution in [3.05, 3.63) is 65.9 Å². The van der Waals surface area contributed by atoms with E-state index in [1.807, 2.05) is 55.5 Å². The molecule has 28 heavy (non-hydrogen) atoms. The fourth-order valence-electron chi connectivity index (χ4n) is 2.92. The number of carbonyl (C=O) groups excluding carboxylic acids is 1. The fourth-order valence-corrected chi connectivity index (χ4v) is 2.92. The van der Waals surface area contributed by atoms with Crippen LogP contribution < -0.4 is 14.8 Å². The van der Waals surface area contributed by atoms with Crippen LogP contribution in [0.25, 0.3) is 11.3 Å². The minimum atomic E-state index is -0.184. The van der Waals surface area contributed by atoms with E-state index in [1.165, 1.54) is 0 Å². The van der Waals surface area contributed by atoms with Crippen molar-refractivity contribution >= 4 is 5.91 Å². The van der Waals surface area contributed by atoms with Crippen molar-refractivity contribution in [1.82, 2.24) is 10.5 Å². The lowest BCUT2D eigenvalue weighted by atomic mass is 10.1. The molecule has 1 amide bonds. The van der Waals surface area contributed by atoms with E-state index in [0.29, 0.717) is 23.0 Å². The highest BCUT2D eigenvalue weighted by atomic mass is 16.7. The van der Waals surface area contributed by atoms with E-state index >= 15 is 0 Å². The Bertz CT molecular complexity index is 954. The van der Waals surface area contributed by atoms with Crippen LogP contribution in [0.4, 0.5) is 0 Å². The lowest BCUT2D eigenvalue weighted by molar-refractivity contribution is -0.126. The second-order valence-electron chi connectivity index (χ2n) is 6.44. The molecule has 0 spiro atoms. The standard InChI is InChI=1S/C21H20N2O5/c1-14(15-5-3-2-4-6-15)22-21(24)12-25-11-17-10-19(28-23-17)16-7-8-18-20(9-16)27-13-26-18/h2-10,14H,11-13H2,1H3,(H,22,24). The number of hydrogen-bond acceptors (Lipinski definition) is 6. The van der Waals surface area contributed by atoms with Crippen molar-refractivity contribution in [1.29, 1.82) is 0 Å². The normalized spacial score (nSPS) is 13.3. The number of fused-ring (bicyclic) bond motifs is 1. The van der Waals surface area contributed by atoms with Crippen molar-refractivity contribution in [3.63, 3.8) is 0 Å². The first kappa shape index (κ1) is 18.1. The van der Waals surface area contributed by atoms with Gasteiger partial charge in [-0.15, -0.1) is 0 Å². The summed E-state index contributed by atoms with van der Waals surface area (Å²) in [6.07, 6.45) is 0. The van der Waals surface area contributed by atoms with Gasteiger partial charge in [-0.1, -0.05) is 35.5 Å². The average Bonchev–Trinajstić information content (AvgIpc) is 3.37. The first-order chi connectivity index (χ1) is 13.7. The Morgan fingerprint density at radius 3 is 2.82 bits per heavy atom. The van der Waals surface area contributed by atoms with E-state index in [4.69, 9.17) is 18.7 Å². The van der Waals surface area contributed by atoms with E-state index in [-0.39, 0.29) is 32.0 Å². The van der Waals surface area contributed by atoms with Gasteiger partial charge in [0.2, 0.25) is 12.7 Å². The van der Waals surface area contributed by atoms with Gasteiger partial charge in [-0.05, 0) is 30.7 Å². The molecule has 1 N–H and O–H groups in total. The Balaban J connectivity index is 1.27. The maximum atomic E-state index is 12.0. The zero-order chi connectivity index (χ0) is 19.3. The van der Waals surface area contributed by atoms with Gasteiger partial charge in [-0.25, -0.2) is 0 Å². The largest absolute Gasteiger partial charge is 0.454 e. The molecule has 7 heteroatoms. The Hall–Kier alpha value is -3.32. The third-order valence-corrected chi connectivity index (χ3v) is 4.38. The Labute approximate surface area is 162 Å². The van der Waals surface area contributed by atoms with Crippen molar-refractivity contribution < 1.29 is 23.5 Å². The molecule has 0 saturated carbocycles. The molecular weight excluding hydrogens is 360 g/mol. The van der Waals surface area contributed by atoms with Gasteiger partial charge in [0.1, 0.15) is 12.3 Å². The average molecular weight is 380 g/mol. The van der Waals surface area contributed by atoms with Crippen molar-refractivity contribution in [3.8, 4) is 22.8 Å². The molecule has 0 bridgehead atoms. The van der Waals surface area contributed by atoms with Crippen LogP contribution in [0.2, 0.25) is 0 Å². The molecule has 144 valence electrons. The number of hydrogen-bond donors (Lipinski definition) is 1. The quantitative estimate of drug-likeness (QED) is 0.676. The number of rotatable bonds is 7. The Morgan fingerprint density at radius 2 is 1.96 bits per heavy atom. The van der Waals surface area contributed by atoms with Gasteiger partial charge in [0.15, 0.2) is 17.3 Å². The summed E-state index contributed by atoms with van der Waals surface area (Å²) in [5.41, 5.74) is 2.48. The SMILES string of the molecule is CC(NC(=O)COCc1cc(-c2ccc3c(c2)OCO3)on1)c1ccccc1. The summed E-state index contributed by atoms with van der Waals surface area (Å²) in [5, 5.41) is 6.89. The van der Waals surface area contributed by atoms with Gasteiger partial charge < -0.3 is 24.1 Å². The third kappa shape index (κ3) is 4.15. The first-order valence-electron chi connectivity index (χ1n) is 8.97. The maximum Gasteiger partial charge on any atom is 0.246 e. The molecular formula is C21H20N2O5. The molecule has 0 fully saturated rings. The van der Waals surface area contributed by atoms with E-state index < -0.39 is 0 Å². The highest BCUT2D eigenvalue weighted by Gasteiger charge is 2.16. The molecule has 0 radical (unpaired) electrons. The van der Waals surface area contributed by atoms with Gasteiger partial charge in [-0.3, -0.25) is 4.79 Å². The summed E-state index contributed by atoms with van der Waals surface area (Å²) in [5.74, 6) is 1.80. The molecule has 0 saturated heterocycles. The molecule has 0 aliphatic carbocycles. The number of carbonyl (C=O) groups is 1. The van der Waals surface area contributed by atoms with E-state index in [2.05, 4.69) is 10.5 Å².